The zero-order valence-electron chi connectivity index (χ0n) is 52.6. The Kier molecular flexibility index (Phi) is 25.8. The van der Waals surface area contributed by atoms with Crippen molar-refractivity contribution >= 4 is 47.4 Å². The Morgan fingerprint density at radius 1 is 0.420 bits per heavy atom. The van der Waals surface area contributed by atoms with Crippen molar-refractivity contribution in [2.45, 2.75) is 263 Å². The van der Waals surface area contributed by atoms with Crippen molar-refractivity contribution < 1.29 is 66.8 Å². The third kappa shape index (κ3) is 19.9. The van der Waals surface area contributed by atoms with Crippen LogP contribution >= 0.6 is 0 Å². The van der Waals surface area contributed by atoms with Crippen molar-refractivity contribution in [3.8, 4) is 0 Å². The van der Waals surface area contributed by atoms with Gasteiger partial charge in [-0.05, 0) is 232 Å². The van der Waals surface area contributed by atoms with Gasteiger partial charge in [-0.25, -0.2) is 4.79 Å². The molecule has 462 valence electrons. The molecular formula is C67H110O14. The van der Waals surface area contributed by atoms with Crippen LogP contribution in [0.5, 0.6) is 0 Å². The molecule has 0 aliphatic heterocycles. The van der Waals surface area contributed by atoms with Crippen molar-refractivity contribution in [3.05, 3.63) is 0 Å². The van der Waals surface area contributed by atoms with Crippen LogP contribution in [0.1, 0.15) is 256 Å². The van der Waals surface area contributed by atoms with Gasteiger partial charge in [0.1, 0.15) is 30.9 Å². The van der Waals surface area contributed by atoms with Crippen LogP contribution in [0.25, 0.3) is 0 Å². The molecule has 0 aromatic heterocycles. The molecule has 9 aliphatic rings. The molecule has 6 atom stereocenters. The first-order valence-corrected chi connectivity index (χ1v) is 32.3. The summed E-state index contributed by atoms with van der Waals surface area (Å²) in [6.45, 7) is 23.7. The van der Waals surface area contributed by atoms with Gasteiger partial charge in [0, 0.05) is 24.7 Å². The van der Waals surface area contributed by atoms with E-state index < -0.39 is 27.6 Å². The van der Waals surface area contributed by atoms with E-state index in [0.717, 1.165) is 93.8 Å². The molecule has 9 fully saturated rings. The fourth-order valence-electron chi connectivity index (χ4n) is 14.1. The Bertz CT molecular complexity index is 2060. The lowest BCUT2D eigenvalue weighted by molar-refractivity contribution is -0.175. The van der Waals surface area contributed by atoms with Gasteiger partial charge >= 0.3 is 35.8 Å². The standard InChI is InChI=1S/C19H30O4.C17H28O3.C16H28O3.C15H24O4/c1-4-18(2,3)16(20)22-5-6-23-17(21)19-10-13-7-14(11-19)9-15(8-13)12-19;1-4-17(2,3)16(19)20-9-5-6-15(18)14-11-12-7-8-13(14)10-12;1-4-16(2,3)15(18)19-12-8-11-14(17)13-9-6-5-7-10-13;1-4-15(2,3)14(17)18-9-13(16)19-12-8-10-5-6-11(12)7-10/h13-15H,4-12H2,1-3H3;12-14H,4-11H2,1-3H3;13H,4-12H2,1-3H3;10-12H,4-9H2,1-3H3. The maximum atomic E-state index is 12.6. The molecule has 14 heteroatoms. The lowest BCUT2D eigenvalue weighted by Gasteiger charge is -2.55. The number of hydrogen-bond donors (Lipinski definition) is 0. The largest absolute Gasteiger partial charge is 0.465 e. The number of fused-ring (bicyclic) bond motifs is 4. The highest BCUT2D eigenvalue weighted by molar-refractivity contribution is 5.83. The highest BCUT2D eigenvalue weighted by Gasteiger charge is 2.55. The van der Waals surface area contributed by atoms with E-state index in [1.807, 2.05) is 83.1 Å². The first-order valence-electron chi connectivity index (χ1n) is 32.3. The van der Waals surface area contributed by atoms with Crippen LogP contribution in [-0.4, -0.2) is 86.5 Å². The highest BCUT2D eigenvalue weighted by atomic mass is 16.6. The predicted molar refractivity (Wildman–Crippen MR) is 311 cm³/mol. The molecular weight excluding hydrogens is 1030 g/mol. The first kappa shape index (κ1) is 67.9. The van der Waals surface area contributed by atoms with Crippen molar-refractivity contribution in [2.24, 2.45) is 80.3 Å². The Hall–Kier alpha value is -3.84. The van der Waals surface area contributed by atoms with E-state index in [1.54, 1.807) is 0 Å². The monoisotopic (exact) mass is 1140 g/mol. The quantitative estimate of drug-likeness (QED) is 0.0476. The Labute approximate surface area is 488 Å². The molecule has 0 radical (unpaired) electrons. The van der Waals surface area contributed by atoms with Crippen molar-refractivity contribution in [1.82, 2.24) is 0 Å². The first-order chi connectivity index (χ1) is 38.2. The molecule has 81 heavy (non-hydrogen) atoms. The summed E-state index contributed by atoms with van der Waals surface area (Å²) in [5.41, 5.74) is -2.04. The number of carbonyl (C=O) groups excluding carboxylic acids is 8. The van der Waals surface area contributed by atoms with E-state index in [0.29, 0.717) is 74.6 Å². The minimum atomic E-state index is -0.535. The SMILES string of the molecule is CCC(C)(C)C(=O)OCC(=O)OC1CC2CCC1C2.CCC(C)(C)C(=O)OCCCC(=O)C1CC2CCC1C2.CCC(C)(C)C(=O)OCCCC(=O)C1CCCCC1.CCC(C)(C)C(=O)OCCOC(=O)C12CC3CC(CC(C3)C1)C2. The molecule has 0 N–H and O–H groups in total. The molecule has 0 aromatic rings. The summed E-state index contributed by atoms with van der Waals surface area (Å²) in [6, 6.07) is 0. The summed E-state index contributed by atoms with van der Waals surface area (Å²) in [5.74, 6) is 5.03. The summed E-state index contributed by atoms with van der Waals surface area (Å²) in [7, 11) is 0. The second-order valence-corrected chi connectivity index (χ2v) is 28.7. The summed E-state index contributed by atoms with van der Waals surface area (Å²) in [5, 5.41) is 0. The fraction of sp³-hybridized carbons (Fsp3) is 0.881. The van der Waals surface area contributed by atoms with Gasteiger partial charge in [-0.3, -0.25) is 33.6 Å². The van der Waals surface area contributed by atoms with E-state index in [2.05, 4.69) is 0 Å². The lowest BCUT2D eigenvalue weighted by atomic mass is 9.49. The van der Waals surface area contributed by atoms with Crippen LogP contribution in [0, 0.1) is 80.3 Å². The van der Waals surface area contributed by atoms with Gasteiger partial charge in [-0.1, -0.05) is 53.4 Å². The second kappa shape index (κ2) is 30.8. The molecule has 0 heterocycles. The Balaban J connectivity index is 0.000000199. The minimum Gasteiger partial charge on any atom is -0.465 e. The summed E-state index contributed by atoms with van der Waals surface area (Å²) in [4.78, 5) is 95.6. The van der Waals surface area contributed by atoms with Gasteiger partial charge in [-0.2, -0.15) is 0 Å². The molecule has 0 saturated heterocycles. The number of hydrogen-bond acceptors (Lipinski definition) is 14. The van der Waals surface area contributed by atoms with Gasteiger partial charge < -0.3 is 28.4 Å². The third-order valence-corrected chi connectivity index (χ3v) is 20.9. The van der Waals surface area contributed by atoms with Crippen LogP contribution in [0.3, 0.4) is 0 Å². The van der Waals surface area contributed by atoms with Crippen LogP contribution in [0.15, 0.2) is 0 Å². The molecule has 9 rings (SSSR count). The predicted octanol–water partition coefficient (Wildman–Crippen LogP) is 14.1. The normalized spacial score (nSPS) is 28.0. The average molecular weight is 1140 g/mol. The van der Waals surface area contributed by atoms with Gasteiger partial charge in [-0.15, -0.1) is 0 Å². The number of esters is 6. The summed E-state index contributed by atoms with van der Waals surface area (Å²) < 4.78 is 31.7. The van der Waals surface area contributed by atoms with Crippen LogP contribution in [-0.2, 0) is 66.8 Å². The van der Waals surface area contributed by atoms with Gasteiger partial charge in [0.15, 0.2) is 6.61 Å². The van der Waals surface area contributed by atoms with Crippen molar-refractivity contribution in [2.75, 3.05) is 33.0 Å². The maximum Gasteiger partial charge on any atom is 0.344 e. The van der Waals surface area contributed by atoms with Crippen LogP contribution in [0.4, 0.5) is 0 Å². The zero-order valence-corrected chi connectivity index (χ0v) is 52.6. The van der Waals surface area contributed by atoms with Crippen LogP contribution in [0.2, 0.25) is 0 Å². The highest BCUT2D eigenvalue weighted by Crippen LogP contribution is 2.60. The average Bonchev–Trinajstić information content (AvgIpc) is 4.48. The summed E-state index contributed by atoms with van der Waals surface area (Å²) >= 11 is 0. The maximum absolute atomic E-state index is 12.6. The van der Waals surface area contributed by atoms with Gasteiger partial charge in [0.25, 0.3) is 0 Å². The second-order valence-electron chi connectivity index (χ2n) is 28.7. The smallest absolute Gasteiger partial charge is 0.344 e. The zero-order chi connectivity index (χ0) is 59.8. The molecule has 6 unspecified atom stereocenters. The minimum absolute atomic E-state index is 0.0394. The number of carbonyl (C=O) groups is 8. The molecule has 0 aromatic carbocycles. The molecule has 0 amide bonds. The van der Waals surface area contributed by atoms with E-state index >= 15 is 0 Å². The van der Waals surface area contributed by atoms with Gasteiger partial charge in [0.05, 0.1) is 40.3 Å². The number of ketones is 2. The fourth-order valence-corrected chi connectivity index (χ4v) is 14.1. The van der Waals surface area contributed by atoms with E-state index in [-0.39, 0.29) is 67.1 Å². The van der Waals surface area contributed by atoms with Crippen LogP contribution < -0.4 is 0 Å². The Morgan fingerprint density at radius 2 is 0.840 bits per heavy atom. The number of Topliss-reactive ketones (excluding diaryl/α,β-unsaturated/α-hetero) is 2. The summed E-state index contributed by atoms with van der Waals surface area (Å²) in [6.07, 6.45) is 27.9. The molecule has 9 aliphatic carbocycles. The third-order valence-electron chi connectivity index (χ3n) is 20.9. The lowest BCUT2D eigenvalue weighted by Crippen LogP contribution is -2.50. The number of rotatable bonds is 25. The van der Waals surface area contributed by atoms with E-state index in [1.165, 1.54) is 77.0 Å². The van der Waals surface area contributed by atoms with Gasteiger partial charge in [0.2, 0.25) is 0 Å². The van der Waals surface area contributed by atoms with E-state index in [9.17, 15) is 38.4 Å². The molecule has 8 bridgehead atoms. The van der Waals surface area contributed by atoms with E-state index in [4.69, 9.17) is 28.4 Å². The molecule has 14 nitrogen and oxygen atoms in total. The number of ether oxygens (including phenoxy) is 6. The molecule has 9 saturated carbocycles. The molecule has 0 spiro atoms. The topological polar surface area (TPSA) is 192 Å². The Morgan fingerprint density at radius 3 is 1.26 bits per heavy atom. The van der Waals surface area contributed by atoms with Crippen molar-refractivity contribution in [3.63, 3.8) is 0 Å². The van der Waals surface area contributed by atoms with Crippen molar-refractivity contribution in [1.29, 1.82) is 0 Å².